The van der Waals surface area contributed by atoms with Crippen LogP contribution in [0, 0.1) is 11.8 Å². The Kier molecular flexibility index (Phi) is 6.34. The standard InChI is InChI=1S/C15H26N2O5/c1-4-10(2)13(19)17-7-5-6-11(8-17)12(18)16-9-15(3,22)14(20)21/h10-11,22H,4-9H2,1-3H3,(H,16,18)(H,20,21). The van der Waals surface area contributed by atoms with Crippen LogP contribution in [0.4, 0.5) is 0 Å². The minimum atomic E-state index is -1.99. The number of hydrogen-bond acceptors (Lipinski definition) is 4. The molecule has 1 aliphatic rings. The first-order chi connectivity index (χ1) is 10.2. The van der Waals surface area contributed by atoms with E-state index in [0.29, 0.717) is 19.5 Å². The topological polar surface area (TPSA) is 107 Å². The predicted octanol–water partition coefficient (Wildman–Crippen LogP) is 0.223. The second kappa shape index (κ2) is 7.58. The zero-order chi connectivity index (χ0) is 16.9. The van der Waals surface area contributed by atoms with E-state index in [2.05, 4.69) is 5.32 Å². The molecule has 0 aromatic heterocycles. The third-order valence-corrected chi connectivity index (χ3v) is 4.21. The van der Waals surface area contributed by atoms with Crippen LogP contribution in [0.1, 0.15) is 40.0 Å². The van der Waals surface area contributed by atoms with Crippen molar-refractivity contribution in [2.24, 2.45) is 11.8 Å². The average Bonchev–Trinajstić information content (AvgIpc) is 2.51. The molecular formula is C15H26N2O5. The summed E-state index contributed by atoms with van der Waals surface area (Å²) in [7, 11) is 0. The van der Waals surface area contributed by atoms with Gasteiger partial charge in [0.15, 0.2) is 5.60 Å². The van der Waals surface area contributed by atoms with Gasteiger partial charge in [-0.2, -0.15) is 0 Å². The molecule has 3 atom stereocenters. The number of nitrogens with zero attached hydrogens (tertiary/aromatic N) is 1. The highest BCUT2D eigenvalue weighted by Crippen LogP contribution is 2.19. The summed E-state index contributed by atoms with van der Waals surface area (Å²) < 4.78 is 0. The Morgan fingerprint density at radius 1 is 1.41 bits per heavy atom. The zero-order valence-electron chi connectivity index (χ0n) is 13.5. The first-order valence-electron chi connectivity index (χ1n) is 7.71. The lowest BCUT2D eigenvalue weighted by Gasteiger charge is -2.34. The number of likely N-dealkylation sites (tertiary alicyclic amines) is 1. The van der Waals surface area contributed by atoms with Crippen LogP contribution >= 0.6 is 0 Å². The van der Waals surface area contributed by atoms with Crippen LogP contribution in [0.15, 0.2) is 0 Å². The van der Waals surface area contributed by atoms with Gasteiger partial charge in [0.2, 0.25) is 11.8 Å². The highest BCUT2D eigenvalue weighted by atomic mass is 16.4. The van der Waals surface area contributed by atoms with Crippen LogP contribution in [-0.4, -0.2) is 58.1 Å². The van der Waals surface area contributed by atoms with Crippen molar-refractivity contribution in [2.75, 3.05) is 19.6 Å². The minimum absolute atomic E-state index is 0.0533. The van der Waals surface area contributed by atoms with Crippen molar-refractivity contribution >= 4 is 17.8 Å². The maximum atomic E-state index is 12.2. The number of carboxylic acid groups (broad SMARTS) is 1. The molecule has 7 nitrogen and oxygen atoms in total. The quantitative estimate of drug-likeness (QED) is 0.650. The van der Waals surface area contributed by atoms with Gasteiger partial charge >= 0.3 is 5.97 Å². The van der Waals surface area contributed by atoms with Gasteiger partial charge in [-0.15, -0.1) is 0 Å². The molecule has 0 aromatic rings. The molecular weight excluding hydrogens is 288 g/mol. The number of piperidine rings is 1. The molecule has 0 bridgehead atoms. The molecule has 3 N–H and O–H groups in total. The summed E-state index contributed by atoms with van der Waals surface area (Å²) in [6.45, 7) is 5.61. The van der Waals surface area contributed by atoms with Gasteiger partial charge in [0.25, 0.3) is 0 Å². The molecule has 1 saturated heterocycles. The molecule has 0 radical (unpaired) electrons. The number of amides is 2. The van der Waals surface area contributed by atoms with E-state index in [1.807, 2.05) is 13.8 Å². The van der Waals surface area contributed by atoms with Crippen LogP contribution in [0.3, 0.4) is 0 Å². The van der Waals surface area contributed by atoms with E-state index in [-0.39, 0.29) is 30.2 Å². The van der Waals surface area contributed by atoms with E-state index in [4.69, 9.17) is 5.11 Å². The van der Waals surface area contributed by atoms with Gasteiger partial charge < -0.3 is 20.4 Å². The molecule has 1 fully saturated rings. The molecule has 7 heteroatoms. The second-order valence-electron chi connectivity index (χ2n) is 6.23. The summed E-state index contributed by atoms with van der Waals surface area (Å²) in [4.78, 5) is 36.8. The van der Waals surface area contributed by atoms with Gasteiger partial charge in [-0.1, -0.05) is 13.8 Å². The van der Waals surface area contributed by atoms with E-state index in [1.165, 1.54) is 0 Å². The van der Waals surface area contributed by atoms with Crippen molar-refractivity contribution in [1.82, 2.24) is 10.2 Å². The minimum Gasteiger partial charge on any atom is -0.479 e. The van der Waals surface area contributed by atoms with Crippen molar-refractivity contribution in [3.8, 4) is 0 Å². The Bertz CT molecular complexity index is 436. The highest BCUT2D eigenvalue weighted by molar-refractivity contribution is 5.83. The summed E-state index contributed by atoms with van der Waals surface area (Å²) in [5.41, 5.74) is -1.99. The number of carbonyl (C=O) groups excluding carboxylic acids is 2. The zero-order valence-corrected chi connectivity index (χ0v) is 13.5. The smallest absolute Gasteiger partial charge is 0.337 e. The van der Waals surface area contributed by atoms with Gasteiger partial charge in [0, 0.05) is 19.0 Å². The Labute approximate surface area is 130 Å². The molecule has 1 aliphatic heterocycles. The first kappa shape index (κ1) is 18.4. The fourth-order valence-electron chi connectivity index (χ4n) is 2.36. The van der Waals surface area contributed by atoms with Crippen LogP contribution in [0.2, 0.25) is 0 Å². The number of carbonyl (C=O) groups is 3. The molecule has 1 rings (SSSR count). The number of hydrogen-bond donors (Lipinski definition) is 3. The Balaban J connectivity index is 2.56. The van der Waals surface area contributed by atoms with Crippen LogP contribution < -0.4 is 5.32 Å². The van der Waals surface area contributed by atoms with Gasteiger partial charge in [-0.05, 0) is 26.2 Å². The van der Waals surface area contributed by atoms with Crippen molar-refractivity contribution in [2.45, 2.75) is 45.6 Å². The SMILES string of the molecule is CCC(C)C(=O)N1CCCC(C(=O)NCC(C)(O)C(=O)O)C1. The summed E-state index contributed by atoms with van der Waals surface area (Å²) in [5, 5.41) is 20.9. The monoisotopic (exact) mass is 314 g/mol. The highest BCUT2D eigenvalue weighted by Gasteiger charge is 2.33. The van der Waals surface area contributed by atoms with Gasteiger partial charge in [-0.3, -0.25) is 9.59 Å². The number of aliphatic carboxylic acids is 1. The summed E-state index contributed by atoms with van der Waals surface area (Å²) in [6, 6.07) is 0. The number of carboxylic acids is 1. The number of rotatable bonds is 6. The largest absolute Gasteiger partial charge is 0.479 e. The maximum Gasteiger partial charge on any atom is 0.337 e. The van der Waals surface area contributed by atoms with Crippen LogP contribution in [0.5, 0.6) is 0 Å². The molecule has 0 saturated carbocycles. The number of aliphatic hydroxyl groups is 1. The van der Waals surface area contributed by atoms with E-state index >= 15 is 0 Å². The predicted molar refractivity (Wildman–Crippen MR) is 80.0 cm³/mol. The second-order valence-corrected chi connectivity index (χ2v) is 6.23. The third kappa shape index (κ3) is 4.69. The molecule has 22 heavy (non-hydrogen) atoms. The lowest BCUT2D eigenvalue weighted by Crippen LogP contribution is -2.51. The average molecular weight is 314 g/mol. The normalized spacial score (nSPS) is 22.5. The maximum absolute atomic E-state index is 12.2. The van der Waals surface area contributed by atoms with Crippen molar-refractivity contribution < 1.29 is 24.6 Å². The third-order valence-electron chi connectivity index (χ3n) is 4.21. The lowest BCUT2D eigenvalue weighted by atomic mass is 9.95. The molecule has 3 unspecified atom stereocenters. The van der Waals surface area contributed by atoms with Gasteiger partial charge in [0.05, 0.1) is 12.5 Å². The van der Waals surface area contributed by atoms with Gasteiger partial charge in [-0.25, -0.2) is 4.79 Å². The fourth-order valence-corrected chi connectivity index (χ4v) is 2.36. The summed E-state index contributed by atoms with van der Waals surface area (Å²) >= 11 is 0. The molecule has 0 aromatic carbocycles. The van der Waals surface area contributed by atoms with Gasteiger partial charge in [0.1, 0.15) is 0 Å². The Morgan fingerprint density at radius 2 is 2.05 bits per heavy atom. The Morgan fingerprint density at radius 3 is 2.59 bits per heavy atom. The molecule has 1 heterocycles. The molecule has 0 aliphatic carbocycles. The van der Waals surface area contributed by atoms with Crippen molar-refractivity contribution in [3.63, 3.8) is 0 Å². The molecule has 0 spiro atoms. The van der Waals surface area contributed by atoms with E-state index in [0.717, 1.165) is 19.8 Å². The summed E-state index contributed by atoms with van der Waals surface area (Å²) in [5.74, 6) is -2.06. The van der Waals surface area contributed by atoms with Crippen molar-refractivity contribution in [3.05, 3.63) is 0 Å². The lowest BCUT2D eigenvalue weighted by molar-refractivity contribution is -0.156. The van der Waals surface area contributed by atoms with Crippen molar-refractivity contribution in [1.29, 1.82) is 0 Å². The Hall–Kier alpha value is -1.63. The van der Waals surface area contributed by atoms with Crippen LogP contribution in [-0.2, 0) is 14.4 Å². The van der Waals surface area contributed by atoms with E-state index in [9.17, 15) is 19.5 Å². The van der Waals surface area contributed by atoms with Crippen LogP contribution in [0.25, 0.3) is 0 Å². The van der Waals surface area contributed by atoms with E-state index < -0.39 is 11.6 Å². The molecule has 2 amide bonds. The first-order valence-corrected chi connectivity index (χ1v) is 7.71. The number of nitrogens with one attached hydrogen (secondary N) is 1. The van der Waals surface area contributed by atoms with E-state index in [1.54, 1.807) is 4.90 Å². The fraction of sp³-hybridized carbons (Fsp3) is 0.800. The summed E-state index contributed by atoms with van der Waals surface area (Å²) in [6.07, 6.45) is 2.16. The molecule has 126 valence electrons.